The van der Waals surface area contributed by atoms with Crippen LogP contribution in [-0.2, 0) is 11.3 Å². The van der Waals surface area contributed by atoms with Gasteiger partial charge in [0, 0.05) is 50.0 Å². The van der Waals surface area contributed by atoms with Gasteiger partial charge in [-0.2, -0.15) is 0 Å². The quantitative estimate of drug-likeness (QED) is 0.665. The highest BCUT2D eigenvalue weighted by Crippen LogP contribution is 2.33. The molecule has 0 unspecified atom stereocenters. The normalized spacial score (nSPS) is 13.6. The van der Waals surface area contributed by atoms with Crippen LogP contribution in [0.5, 0.6) is 0 Å². The van der Waals surface area contributed by atoms with Crippen molar-refractivity contribution >= 4 is 23.2 Å². The second-order valence-corrected chi connectivity index (χ2v) is 10.1. The summed E-state index contributed by atoms with van der Waals surface area (Å²) in [5.74, 6) is 0.0732. The standard InChI is InChI=1S/C26H35N3O2/c1-18-8-7-9-19(14-18)25(31)29(22-11-12-22)17-20-15-21(10-13-23(20)28(5)6)27-24(30)16-26(2,3)4/h7-10,13-15,22H,11-12,16-17H2,1-6H3,(H,27,30). The Labute approximate surface area is 186 Å². The Morgan fingerprint density at radius 3 is 2.35 bits per heavy atom. The minimum Gasteiger partial charge on any atom is -0.377 e. The largest absolute Gasteiger partial charge is 0.377 e. The van der Waals surface area contributed by atoms with Crippen LogP contribution < -0.4 is 10.2 Å². The molecule has 0 atom stereocenters. The Hall–Kier alpha value is -2.82. The van der Waals surface area contributed by atoms with Gasteiger partial charge >= 0.3 is 0 Å². The third kappa shape index (κ3) is 6.33. The van der Waals surface area contributed by atoms with E-state index in [0.29, 0.717) is 13.0 Å². The van der Waals surface area contributed by atoms with Gasteiger partial charge in [-0.15, -0.1) is 0 Å². The number of rotatable bonds is 7. The van der Waals surface area contributed by atoms with Crippen LogP contribution in [0.25, 0.3) is 0 Å². The van der Waals surface area contributed by atoms with Crippen LogP contribution in [0.1, 0.15) is 61.5 Å². The van der Waals surface area contributed by atoms with Crippen LogP contribution in [0.3, 0.4) is 0 Å². The summed E-state index contributed by atoms with van der Waals surface area (Å²) < 4.78 is 0. The van der Waals surface area contributed by atoms with Crippen molar-refractivity contribution in [3.63, 3.8) is 0 Å². The van der Waals surface area contributed by atoms with Crippen LogP contribution >= 0.6 is 0 Å². The number of hydrogen-bond acceptors (Lipinski definition) is 3. The fraction of sp³-hybridized carbons (Fsp3) is 0.462. The molecule has 5 heteroatoms. The summed E-state index contributed by atoms with van der Waals surface area (Å²) in [6.45, 7) is 8.69. The van der Waals surface area contributed by atoms with Crippen molar-refractivity contribution < 1.29 is 9.59 Å². The van der Waals surface area contributed by atoms with E-state index in [-0.39, 0.29) is 23.3 Å². The highest BCUT2D eigenvalue weighted by atomic mass is 16.2. The van der Waals surface area contributed by atoms with E-state index in [9.17, 15) is 9.59 Å². The van der Waals surface area contributed by atoms with E-state index >= 15 is 0 Å². The van der Waals surface area contributed by atoms with Gasteiger partial charge in [0.1, 0.15) is 0 Å². The van der Waals surface area contributed by atoms with E-state index in [4.69, 9.17) is 0 Å². The molecule has 1 aliphatic carbocycles. The molecule has 0 aromatic heterocycles. The smallest absolute Gasteiger partial charge is 0.254 e. The number of carbonyl (C=O) groups excluding carboxylic acids is 2. The van der Waals surface area contributed by atoms with Crippen LogP contribution in [-0.4, -0.2) is 36.9 Å². The summed E-state index contributed by atoms with van der Waals surface area (Å²) in [5.41, 5.74) is 4.60. The zero-order valence-corrected chi connectivity index (χ0v) is 19.7. The van der Waals surface area contributed by atoms with E-state index < -0.39 is 0 Å². The highest BCUT2D eigenvalue weighted by molar-refractivity contribution is 5.95. The van der Waals surface area contributed by atoms with Crippen LogP contribution in [0.2, 0.25) is 0 Å². The molecule has 3 rings (SSSR count). The molecule has 5 nitrogen and oxygen atoms in total. The molecule has 1 aliphatic rings. The summed E-state index contributed by atoms with van der Waals surface area (Å²) in [5, 5.41) is 3.03. The van der Waals surface area contributed by atoms with Crippen LogP contribution in [0, 0.1) is 12.3 Å². The fourth-order valence-corrected chi connectivity index (χ4v) is 3.79. The summed E-state index contributed by atoms with van der Waals surface area (Å²) >= 11 is 0. The molecule has 31 heavy (non-hydrogen) atoms. The first-order valence-electron chi connectivity index (χ1n) is 11.0. The van der Waals surface area contributed by atoms with Gasteiger partial charge in [0.2, 0.25) is 5.91 Å². The molecule has 2 amide bonds. The molecular weight excluding hydrogens is 386 g/mol. The molecular formula is C26H35N3O2. The Kier molecular flexibility index (Phi) is 6.73. The number of hydrogen-bond donors (Lipinski definition) is 1. The number of benzene rings is 2. The highest BCUT2D eigenvalue weighted by Gasteiger charge is 2.33. The topological polar surface area (TPSA) is 52.7 Å². The maximum absolute atomic E-state index is 13.3. The van der Waals surface area contributed by atoms with Crippen LogP contribution in [0.15, 0.2) is 42.5 Å². The third-order valence-electron chi connectivity index (χ3n) is 5.39. The van der Waals surface area contributed by atoms with Crippen molar-refractivity contribution in [2.45, 2.75) is 59.5 Å². The van der Waals surface area contributed by atoms with Crippen molar-refractivity contribution in [3.05, 3.63) is 59.2 Å². The second-order valence-electron chi connectivity index (χ2n) is 10.1. The SMILES string of the molecule is Cc1cccc(C(=O)N(Cc2cc(NC(=O)CC(C)(C)C)ccc2N(C)C)C2CC2)c1. The van der Waals surface area contributed by atoms with Crippen molar-refractivity contribution in [2.24, 2.45) is 5.41 Å². The maximum atomic E-state index is 13.3. The van der Waals surface area contributed by atoms with E-state index in [1.807, 2.05) is 68.4 Å². The van der Waals surface area contributed by atoms with Gasteiger partial charge in [0.25, 0.3) is 5.91 Å². The first-order valence-corrected chi connectivity index (χ1v) is 11.0. The Bertz CT molecular complexity index is 955. The van der Waals surface area contributed by atoms with Gasteiger partial charge in [-0.3, -0.25) is 9.59 Å². The van der Waals surface area contributed by atoms with Crippen molar-refractivity contribution in [1.82, 2.24) is 4.90 Å². The van der Waals surface area contributed by atoms with Crippen molar-refractivity contribution in [1.29, 1.82) is 0 Å². The van der Waals surface area contributed by atoms with E-state index in [1.54, 1.807) is 0 Å². The number of nitrogens with zero attached hydrogens (tertiary/aromatic N) is 2. The van der Waals surface area contributed by atoms with Gasteiger partial charge in [-0.25, -0.2) is 0 Å². The molecule has 0 heterocycles. The molecule has 0 saturated heterocycles. The first-order chi connectivity index (χ1) is 14.5. The Morgan fingerprint density at radius 2 is 1.77 bits per heavy atom. The van der Waals surface area contributed by atoms with Crippen molar-refractivity contribution in [2.75, 3.05) is 24.3 Å². The van der Waals surface area contributed by atoms with Crippen LogP contribution in [0.4, 0.5) is 11.4 Å². The lowest BCUT2D eigenvalue weighted by atomic mass is 9.92. The predicted molar refractivity (Wildman–Crippen MR) is 128 cm³/mol. The molecule has 0 aliphatic heterocycles. The molecule has 2 aromatic carbocycles. The molecule has 0 bridgehead atoms. The lowest BCUT2D eigenvalue weighted by Gasteiger charge is -2.26. The molecule has 0 spiro atoms. The number of nitrogens with one attached hydrogen (secondary N) is 1. The summed E-state index contributed by atoms with van der Waals surface area (Å²) in [7, 11) is 4.00. The van der Waals surface area contributed by atoms with E-state index in [2.05, 4.69) is 31.0 Å². The molecule has 1 fully saturated rings. The van der Waals surface area contributed by atoms with Gasteiger partial charge in [0.15, 0.2) is 0 Å². The van der Waals surface area contributed by atoms with E-state index in [1.165, 1.54) is 0 Å². The number of carbonyl (C=O) groups is 2. The average Bonchev–Trinajstić information content (AvgIpc) is 3.49. The van der Waals surface area contributed by atoms with Gasteiger partial charge < -0.3 is 15.1 Å². The summed E-state index contributed by atoms with van der Waals surface area (Å²) in [6, 6.07) is 14.0. The minimum atomic E-state index is -0.0699. The van der Waals surface area contributed by atoms with E-state index in [0.717, 1.165) is 40.9 Å². The zero-order valence-electron chi connectivity index (χ0n) is 19.7. The van der Waals surface area contributed by atoms with Gasteiger partial charge in [-0.05, 0) is 61.1 Å². The first kappa shape index (κ1) is 22.9. The fourth-order valence-electron chi connectivity index (χ4n) is 3.79. The molecule has 1 saturated carbocycles. The zero-order chi connectivity index (χ0) is 22.8. The molecule has 1 N–H and O–H groups in total. The Balaban J connectivity index is 1.86. The lowest BCUT2D eigenvalue weighted by Crippen LogP contribution is -2.33. The predicted octanol–water partition coefficient (Wildman–Crippen LogP) is 5.24. The maximum Gasteiger partial charge on any atom is 0.254 e. The monoisotopic (exact) mass is 421 g/mol. The van der Waals surface area contributed by atoms with Gasteiger partial charge in [-0.1, -0.05) is 38.5 Å². The van der Waals surface area contributed by atoms with Crippen molar-refractivity contribution in [3.8, 4) is 0 Å². The Morgan fingerprint density at radius 1 is 1.06 bits per heavy atom. The summed E-state index contributed by atoms with van der Waals surface area (Å²) in [6.07, 6.45) is 2.53. The average molecular weight is 422 g/mol. The molecule has 166 valence electrons. The number of aryl methyl sites for hydroxylation is 1. The lowest BCUT2D eigenvalue weighted by molar-refractivity contribution is -0.117. The minimum absolute atomic E-state index is 0.00550. The number of anilines is 2. The number of amides is 2. The summed E-state index contributed by atoms with van der Waals surface area (Å²) in [4.78, 5) is 29.8. The second kappa shape index (κ2) is 9.13. The van der Waals surface area contributed by atoms with Gasteiger partial charge in [0.05, 0.1) is 0 Å². The third-order valence-corrected chi connectivity index (χ3v) is 5.39. The molecule has 2 aromatic rings. The molecule has 0 radical (unpaired) electrons.